The minimum absolute atomic E-state index is 0.0447. The Morgan fingerprint density at radius 3 is 2.75 bits per heavy atom. The van der Waals surface area contributed by atoms with Gasteiger partial charge in [-0.05, 0) is 23.8 Å². The fourth-order valence-corrected chi connectivity index (χ4v) is 2.67. The monoisotopic (exact) mass is 280 g/mol. The van der Waals surface area contributed by atoms with Gasteiger partial charge in [-0.15, -0.1) is 0 Å². The minimum Gasteiger partial charge on any atom is -0.358 e. The molecule has 7 nitrogen and oxygen atoms in total. The van der Waals surface area contributed by atoms with Crippen molar-refractivity contribution in [2.45, 2.75) is 44.2 Å². The second-order valence-corrected chi connectivity index (χ2v) is 5.27. The average molecular weight is 280 g/mol. The first-order valence-corrected chi connectivity index (χ1v) is 6.87. The normalized spacial score (nSPS) is 23.1. The number of aromatic nitrogens is 1. The molecule has 2 rings (SSSR count). The molecule has 110 valence electrons. The van der Waals surface area contributed by atoms with Gasteiger partial charge in [-0.3, -0.25) is 4.79 Å². The molecule has 1 saturated carbocycles. The summed E-state index contributed by atoms with van der Waals surface area (Å²) >= 11 is 0. The smallest absolute Gasteiger partial charge is 0.323 e. The second-order valence-electron chi connectivity index (χ2n) is 5.27. The van der Waals surface area contributed by atoms with E-state index in [9.17, 15) is 14.9 Å². The van der Waals surface area contributed by atoms with Crippen molar-refractivity contribution in [2.24, 2.45) is 12.8 Å². The van der Waals surface area contributed by atoms with Crippen LogP contribution >= 0.6 is 0 Å². The van der Waals surface area contributed by atoms with Gasteiger partial charge in [0.1, 0.15) is 0 Å². The Bertz CT molecular complexity index is 512. The van der Waals surface area contributed by atoms with Crippen molar-refractivity contribution in [3.8, 4) is 0 Å². The van der Waals surface area contributed by atoms with Gasteiger partial charge in [-0.2, -0.15) is 0 Å². The Morgan fingerprint density at radius 2 is 2.10 bits per heavy atom. The molecule has 1 amide bonds. The number of nitrogens with zero attached hydrogens (tertiary/aromatic N) is 2. The van der Waals surface area contributed by atoms with E-state index in [2.05, 4.69) is 5.32 Å². The van der Waals surface area contributed by atoms with Crippen LogP contribution in [0.4, 0.5) is 5.82 Å². The molecule has 1 heterocycles. The van der Waals surface area contributed by atoms with Gasteiger partial charge in [0.05, 0.1) is 7.05 Å². The Balaban J connectivity index is 2.09. The third-order valence-corrected chi connectivity index (χ3v) is 3.90. The Labute approximate surface area is 117 Å². The summed E-state index contributed by atoms with van der Waals surface area (Å²) in [5.41, 5.74) is 6.35. The largest absolute Gasteiger partial charge is 0.358 e. The summed E-state index contributed by atoms with van der Waals surface area (Å²) in [6, 6.07) is 2.70. The van der Waals surface area contributed by atoms with Gasteiger partial charge in [0.25, 0.3) is 5.91 Å². The van der Waals surface area contributed by atoms with E-state index in [4.69, 9.17) is 5.73 Å². The number of carbonyl (C=O) groups excluding carboxylic acids is 1. The lowest BCUT2D eigenvalue weighted by Crippen LogP contribution is -2.47. The number of carbonyl (C=O) groups is 1. The molecular weight excluding hydrogens is 260 g/mol. The molecule has 1 aromatic rings. The fraction of sp³-hybridized carbons (Fsp3) is 0.615. The predicted octanol–water partition coefficient (Wildman–Crippen LogP) is 1.32. The van der Waals surface area contributed by atoms with Gasteiger partial charge in [0, 0.05) is 18.2 Å². The highest BCUT2D eigenvalue weighted by Crippen LogP contribution is 2.19. The summed E-state index contributed by atoms with van der Waals surface area (Å²) in [4.78, 5) is 22.5. The summed E-state index contributed by atoms with van der Waals surface area (Å²) in [6.45, 7) is 0. The van der Waals surface area contributed by atoms with Crippen LogP contribution < -0.4 is 11.1 Å². The molecule has 0 spiro atoms. The summed E-state index contributed by atoms with van der Waals surface area (Å²) in [5, 5.41) is 13.7. The van der Waals surface area contributed by atoms with E-state index in [1.807, 2.05) is 0 Å². The number of hydrogen-bond donors (Lipinski definition) is 2. The zero-order valence-electron chi connectivity index (χ0n) is 11.5. The predicted molar refractivity (Wildman–Crippen MR) is 74.4 cm³/mol. The lowest BCUT2D eigenvalue weighted by atomic mass is 10.0. The first kappa shape index (κ1) is 14.5. The maximum atomic E-state index is 12.2. The number of nitrogens with two attached hydrogens (primary N) is 1. The third kappa shape index (κ3) is 2.98. The molecule has 3 N–H and O–H groups in total. The van der Waals surface area contributed by atoms with E-state index in [0.717, 1.165) is 32.1 Å². The van der Waals surface area contributed by atoms with E-state index in [0.29, 0.717) is 0 Å². The molecule has 0 aliphatic heterocycles. The van der Waals surface area contributed by atoms with Crippen LogP contribution in [-0.4, -0.2) is 27.5 Å². The number of amides is 1. The van der Waals surface area contributed by atoms with Crippen LogP contribution in [0, 0.1) is 10.1 Å². The highest BCUT2D eigenvalue weighted by molar-refractivity contribution is 5.93. The summed E-state index contributed by atoms with van der Waals surface area (Å²) in [6.07, 6.45) is 5.03. The number of hydrogen-bond acceptors (Lipinski definition) is 4. The maximum Gasteiger partial charge on any atom is 0.323 e. The van der Waals surface area contributed by atoms with E-state index >= 15 is 0 Å². The van der Waals surface area contributed by atoms with E-state index < -0.39 is 4.92 Å². The molecule has 2 atom stereocenters. The first-order valence-electron chi connectivity index (χ1n) is 6.87. The van der Waals surface area contributed by atoms with Gasteiger partial charge >= 0.3 is 5.82 Å². The van der Waals surface area contributed by atoms with Gasteiger partial charge in [-0.25, -0.2) is 4.57 Å². The van der Waals surface area contributed by atoms with Crippen LogP contribution in [0.15, 0.2) is 12.1 Å². The lowest BCUT2D eigenvalue weighted by molar-refractivity contribution is -0.391. The van der Waals surface area contributed by atoms with E-state index in [-0.39, 0.29) is 29.5 Å². The number of nitrogens with one attached hydrogen (secondary N) is 1. The Morgan fingerprint density at radius 1 is 1.40 bits per heavy atom. The van der Waals surface area contributed by atoms with Crippen molar-refractivity contribution in [1.29, 1.82) is 0 Å². The zero-order chi connectivity index (χ0) is 14.7. The standard InChI is InChI=1S/C13H20N4O3/c1-16-11(7-8-12(16)17(19)20)13(18)15-10-6-4-2-3-5-9(10)14/h7-10H,2-6,14H2,1H3,(H,15,18). The van der Waals surface area contributed by atoms with Crippen molar-refractivity contribution in [2.75, 3.05) is 0 Å². The SMILES string of the molecule is Cn1c(C(=O)NC2CCCCCC2N)ccc1[N+](=O)[O-]. The Kier molecular flexibility index (Phi) is 4.39. The van der Waals surface area contributed by atoms with Crippen LogP contribution in [0.25, 0.3) is 0 Å². The topological polar surface area (TPSA) is 103 Å². The van der Waals surface area contributed by atoms with Crippen molar-refractivity contribution in [3.05, 3.63) is 27.9 Å². The second kappa shape index (κ2) is 6.04. The summed E-state index contributed by atoms with van der Waals surface area (Å²) in [5.74, 6) is -0.400. The fourth-order valence-electron chi connectivity index (χ4n) is 2.67. The number of rotatable bonds is 3. The number of nitro groups is 1. The van der Waals surface area contributed by atoms with Crippen LogP contribution in [-0.2, 0) is 7.05 Å². The highest BCUT2D eigenvalue weighted by atomic mass is 16.6. The molecule has 0 aromatic carbocycles. The Hall–Kier alpha value is -1.89. The van der Waals surface area contributed by atoms with Crippen LogP contribution in [0.5, 0.6) is 0 Å². The molecule has 20 heavy (non-hydrogen) atoms. The molecular formula is C13H20N4O3. The average Bonchev–Trinajstić information content (AvgIpc) is 2.67. The molecule has 0 bridgehead atoms. The first-order chi connectivity index (χ1) is 9.50. The quantitative estimate of drug-likeness (QED) is 0.495. The highest BCUT2D eigenvalue weighted by Gasteiger charge is 2.26. The van der Waals surface area contributed by atoms with E-state index in [1.54, 1.807) is 0 Å². The molecule has 0 saturated heterocycles. The van der Waals surface area contributed by atoms with Gasteiger partial charge in [0.15, 0.2) is 5.69 Å². The summed E-state index contributed by atoms with van der Waals surface area (Å²) < 4.78 is 1.29. The molecule has 0 radical (unpaired) electrons. The van der Waals surface area contributed by atoms with Crippen LogP contribution in [0.2, 0.25) is 0 Å². The molecule has 1 fully saturated rings. The molecule has 7 heteroatoms. The summed E-state index contributed by atoms with van der Waals surface area (Å²) in [7, 11) is 1.51. The van der Waals surface area contributed by atoms with E-state index in [1.165, 1.54) is 23.7 Å². The van der Waals surface area contributed by atoms with Gasteiger partial charge in [-0.1, -0.05) is 19.3 Å². The lowest BCUT2D eigenvalue weighted by Gasteiger charge is -2.22. The minimum atomic E-state index is -0.506. The third-order valence-electron chi connectivity index (χ3n) is 3.90. The zero-order valence-corrected chi connectivity index (χ0v) is 11.5. The van der Waals surface area contributed by atoms with Gasteiger partial charge < -0.3 is 21.2 Å². The van der Waals surface area contributed by atoms with Crippen molar-refractivity contribution < 1.29 is 9.72 Å². The van der Waals surface area contributed by atoms with Gasteiger partial charge in [0.2, 0.25) is 0 Å². The van der Waals surface area contributed by atoms with Crippen LogP contribution in [0.3, 0.4) is 0 Å². The maximum absolute atomic E-state index is 12.2. The van der Waals surface area contributed by atoms with Crippen molar-refractivity contribution in [1.82, 2.24) is 9.88 Å². The molecule has 1 aliphatic carbocycles. The molecule has 2 unspecified atom stereocenters. The van der Waals surface area contributed by atoms with Crippen molar-refractivity contribution in [3.63, 3.8) is 0 Å². The van der Waals surface area contributed by atoms with Crippen molar-refractivity contribution >= 4 is 11.7 Å². The molecule has 1 aromatic heterocycles. The van der Waals surface area contributed by atoms with Crippen LogP contribution in [0.1, 0.15) is 42.6 Å². The molecule has 1 aliphatic rings.